The van der Waals surface area contributed by atoms with E-state index in [2.05, 4.69) is 10.3 Å². The number of halogens is 2. The van der Waals surface area contributed by atoms with Crippen LogP contribution in [0.1, 0.15) is 146 Å². The molecule has 5 aromatic carbocycles. The summed E-state index contributed by atoms with van der Waals surface area (Å²) in [5.41, 5.74) is 5.14. The molecule has 31 heteroatoms. The van der Waals surface area contributed by atoms with E-state index in [-0.39, 0.29) is 181 Å². The van der Waals surface area contributed by atoms with Crippen LogP contribution in [0.15, 0.2) is 162 Å². The predicted octanol–water partition coefficient (Wildman–Crippen LogP) is 10.3. The van der Waals surface area contributed by atoms with Crippen LogP contribution in [0, 0.1) is 0 Å². The molecule has 0 spiro atoms. The monoisotopic (exact) mass is 1530 g/mol. The smallest absolute Gasteiger partial charge is 1.00 e. The molecule has 10 atom stereocenters. The topological polar surface area (TPSA) is 283 Å². The largest absolute Gasteiger partial charge is 1.00 e. The fourth-order valence-electron chi connectivity index (χ4n) is 14.0. The fourth-order valence-corrected chi connectivity index (χ4v) is 14.2. The van der Waals surface area contributed by atoms with Crippen molar-refractivity contribution in [2.75, 3.05) is 46.5 Å². The SMILES string of the molecule is C.C.C.C.C.C.CC(=O)[C@@H]1CC[C@@H]2CN1C(=O)N2OCc1ccccc1.O=C1N2C[C@@H](CC[C@H]2C(Cl)=NO)N1OCc1ccccc1.O=C1N2C[C@@H](CC[C@H]2C=NO)N1OCc1ccccc1.O=C1N2C[C@@H](CC[C@H]2CO)N1OCc1ccccc1.O=C[C@@H]1CC[C@@H]2CN1C(=O)N2OCc1ccccc1.[2H]CF.[B].[H-].[Li+]. The zero-order valence-electron chi connectivity index (χ0n) is 59.9. The zero-order valence-corrected chi connectivity index (χ0v) is 58.6. The first-order valence-corrected chi connectivity index (χ1v) is 34.3. The van der Waals surface area contributed by atoms with Crippen LogP contribution in [0.25, 0.3) is 0 Å². The number of aliphatic hydroxyl groups is 1. The number of nitrogens with zero attached hydrogens (tertiary/aromatic N) is 12. The Bertz CT molecular complexity index is 3640. The fraction of sp³-hybridized carbons (Fsp3) is 0.500. The molecule has 10 heterocycles. The van der Waals surface area contributed by atoms with Crippen LogP contribution in [0.5, 0.6) is 0 Å². The summed E-state index contributed by atoms with van der Waals surface area (Å²) < 4.78 is 15.5. The summed E-state index contributed by atoms with van der Waals surface area (Å²) in [5.74, 6) is 0.0571. The van der Waals surface area contributed by atoms with Crippen LogP contribution in [0.3, 0.4) is 0 Å². The van der Waals surface area contributed by atoms with Gasteiger partial charge in [-0.25, -0.2) is 24.0 Å². The number of hydrogen-bond acceptors (Lipinski definition) is 17. The standard InChI is InChI=1S/C15H18N2O3.C14H16ClN3O3.C14H17N3O3.C14H18N2O3.C14H16N2O3.CH3F.6CH4.B.Li.H/c1-11(18)14-8-7-13-9-16(14)15(19)17(13)20-10-12-5-3-2-4-6-12;15-13(16-20)12-7-6-11-8-17(12)14(19)18(11)21-9-10-4-2-1-3-5-10;18-14-16-9-13(7-6-12(16)8-15-19)17(14)20-10-11-4-2-1-3-5-11;2*17-9-13-7-6-12-8-15(13)14(18)16(12)19-10-11-4-2-1-3-5-11;1-2;;;;;;;;;/h2-6,13-14H,7-10H2,1H3;1-5,11-12,20H,6-9H2;1-5,8,12-13,19H,6-7,9-10H2;1-5,12-13,17H,6-10H2;1-5,9,12-13H,6-8,10H2;1H3;6*1H4;;;/q;;;;;;;;;;;;;+1;-1/t13-,14+;11-,12+;3*12-,13+;;;;;;;;;;/m11011........../s1/i;;;;;1D;;;;;;;;;. The molecule has 15 rings (SSSR count). The van der Waals surface area contributed by atoms with Gasteiger partial charge in [-0.2, -0.15) is 25.3 Å². The van der Waals surface area contributed by atoms with Crippen molar-refractivity contribution >= 4 is 73.6 Å². The van der Waals surface area contributed by atoms with Crippen molar-refractivity contribution in [1.29, 1.82) is 0 Å². The maximum atomic E-state index is 12.4. The van der Waals surface area contributed by atoms with Crippen molar-refractivity contribution in [1.82, 2.24) is 49.8 Å². The number of ketones is 1. The van der Waals surface area contributed by atoms with E-state index in [1.165, 1.54) is 31.5 Å². The Labute approximate surface area is 664 Å². The number of hydrogen-bond donors (Lipinski definition) is 3. The summed E-state index contributed by atoms with van der Waals surface area (Å²) in [6, 6.07) is 47.2. The van der Waals surface area contributed by atoms with E-state index < -0.39 is 7.15 Å². The Balaban J connectivity index is 0.000000674. The van der Waals surface area contributed by atoms with E-state index >= 15 is 0 Å². The van der Waals surface area contributed by atoms with E-state index in [0.717, 1.165) is 91.9 Å². The summed E-state index contributed by atoms with van der Waals surface area (Å²) in [6.45, 7) is 6.50. The number of fused-ring (bicyclic) bond motifs is 10. The number of benzene rings is 5. The molecule has 0 saturated carbocycles. The number of Topliss-reactive ketones (excluding diaryl/α,β-unsaturated/α-hetero) is 1. The maximum absolute atomic E-state index is 12.4. The Morgan fingerprint density at radius 1 is 0.468 bits per heavy atom. The van der Waals surface area contributed by atoms with Crippen molar-refractivity contribution < 1.29 is 99.3 Å². The molecule has 10 aliphatic rings. The first-order chi connectivity index (χ1) is 49.7. The molecule has 0 aliphatic carbocycles. The normalized spacial score (nSPS) is 23.5. The van der Waals surface area contributed by atoms with Crippen molar-refractivity contribution in [3.05, 3.63) is 179 Å². The number of rotatable bonds is 20. The van der Waals surface area contributed by atoms with Gasteiger partial charge in [-0.15, -0.1) is 0 Å². The number of amides is 10. The predicted molar refractivity (Wildman–Crippen MR) is 413 cm³/mol. The van der Waals surface area contributed by atoms with Crippen LogP contribution in [-0.4, -0.2) is 234 Å². The van der Waals surface area contributed by atoms with Gasteiger partial charge < -0.3 is 46.2 Å². The van der Waals surface area contributed by atoms with Crippen LogP contribution < -0.4 is 18.9 Å². The minimum absolute atomic E-state index is 0. The molecule has 3 radical (unpaired) electrons. The van der Waals surface area contributed by atoms with Gasteiger partial charge in [0.1, 0.15) is 39.3 Å². The molecule has 10 aliphatic heterocycles. The maximum Gasteiger partial charge on any atom is 1.00 e. The quantitative estimate of drug-likeness (QED) is 0.0215. The Hall–Kier alpha value is -8.63. The van der Waals surface area contributed by atoms with Gasteiger partial charge in [-0.1, -0.05) is 218 Å². The van der Waals surface area contributed by atoms with Crippen LogP contribution >= 0.6 is 11.6 Å². The summed E-state index contributed by atoms with van der Waals surface area (Å²) in [5, 5.41) is 40.1. The number of aliphatic hydroxyl groups excluding tert-OH is 1. The van der Waals surface area contributed by atoms with Gasteiger partial charge in [0.15, 0.2) is 11.0 Å². The Kier molecular flexibility index (Phi) is 41.2. The van der Waals surface area contributed by atoms with E-state index in [4.69, 9.17) is 47.6 Å². The minimum Gasteiger partial charge on any atom is -1.00 e. The first-order valence-electron chi connectivity index (χ1n) is 34.7. The van der Waals surface area contributed by atoms with Crippen LogP contribution in [-0.2, 0) is 66.8 Å². The molecular formula is C78H113BClFLiN12O15. The van der Waals surface area contributed by atoms with E-state index in [0.29, 0.717) is 72.2 Å². The molecule has 109 heavy (non-hydrogen) atoms. The third-order valence-electron chi connectivity index (χ3n) is 19.3. The molecule has 10 bridgehead atoms. The van der Waals surface area contributed by atoms with Gasteiger partial charge in [0.2, 0.25) is 0 Å². The second kappa shape index (κ2) is 47.4. The van der Waals surface area contributed by atoms with Gasteiger partial charge >= 0.3 is 49.0 Å². The number of aldehydes is 1. The number of piperidine rings is 5. The number of carbonyl (C=O) groups is 7. The molecule has 0 unspecified atom stereocenters. The Morgan fingerprint density at radius 3 is 1.05 bits per heavy atom. The van der Waals surface area contributed by atoms with Crippen molar-refractivity contribution in [3.8, 4) is 0 Å². The third-order valence-corrected chi connectivity index (χ3v) is 19.7. The molecule has 0 aromatic heterocycles. The average Bonchev–Trinajstić information content (AvgIpc) is 1.67. The Morgan fingerprint density at radius 2 is 0.734 bits per heavy atom. The number of alkyl halides is 1. The molecule has 10 saturated heterocycles. The van der Waals surface area contributed by atoms with Crippen LogP contribution in [0.2, 0.25) is 0 Å². The van der Waals surface area contributed by atoms with Crippen molar-refractivity contribution in [3.63, 3.8) is 0 Å². The second-order valence-corrected chi connectivity index (χ2v) is 26.1. The second-order valence-electron chi connectivity index (χ2n) is 25.7. The van der Waals surface area contributed by atoms with Crippen molar-refractivity contribution in [2.24, 2.45) is 10.3 Å². The molecule has 10 fully saturated rings. The summed E-state index contributed by atoms with van der Waals surface area (Å²) >= 11 is 5.87. The number of urea groups is 5. The van der Waals surface area contributed by atoms with E-state index in [1.807, 2.05) is 152 Å². The third kappa shape index (κ3) is 23.9. The molecule has 27 nitrogen and oxygen atoms in total. The van der Waals surface area contributed by atoms with Gasteiger partial charge in [0, 0.05) is 41.1 Å². The average molecular weight is 1530 g/mol. The summed E-state index contributed by atoms with van der Waals surface area (Å²) in [7, 11) is -1.00. The molecule has 5 aromatic rings. The molecule has 593 valence electrons. The molecular weight excluding hydrogens is 1420 g/mol. The number of hydroxylamine groups is 10. The van der Waals surface area contributed by atoms with Gasteiger partial charge in [0.25, 0.3) is 0 Å². The van der Waals surface area contributed by atoms with E-state index in [9.17, 15) is 43.1 Å². The summed E-state index contributed by atoms with van der Waals surface area (Å²) in [6.07, 6.45) is 10.2. The number of oxime groups is 2. The number of carbonyl (C=O) groups excluding carboxylic acids is 7. The van der Waals surface area contributed by atoms with Crippen molar-refractivity contribution in [2.45, 2.75) is 209 Å². The zero-order chi connectivity index (χ0) is 72.1. The first kappa shape index (κ1) is 94.6. The molecule has 10 amide bonds. The molecule has 3 N–H and O–H groups in total. The van der Waals surface area contributed by atoms with Gasteiger partial charge in [0.05, 0.1) is 81.8 Å². The summed E-state index contributed by atoms with van der Waals surface area (Å²) in [4.78, 5) is 120. The van der Waals surface area contributed by atoms with Crippen LogP contribution in [0.4, 0.5) is 28.4 Å². The van der Waals surface area contributed by atoms with E-state index in [1.54, 1.807) is 31.4 Å². The van der Waals surface area contributed by atoms with Gasteiger partial charge in [-0.3, -0.25) is 33.4 Å². The minimum atomic E-state index is -1.00. The van der Waals surface area contributed by atoms with Gasteiger partial charge in [-0.05, 0) is 98.9 Å².